The molecule has 3 rings (SSSR count). The SMILES string of the molecule is C/C=C/C1=NCCCN1.C=Cc1c(/C=C\C)nc(CNCC(=O)N(C)CC(C)/C=C\C)n1Cc1ccccc1.CC.CC. The van der Waals surface area contributed by atoms with Gasteiger partial charge in [0.2, 0.25) is 5.91 Å². The van der Waals surface area contributed by atoms with E-state index in [1.165, 1.54) is 12.0 Å². The van der Waals surface area contributed by atoms with Crippen LogP contribution in [0.1, 0.15) is 84.6 Å². The molecule has 1 unspecified atom stereocenters. The van der Waals surface area contributed by atoms with E-state index in [-0.39, 0.29) is 12.5 Å². The van der Waals surface area contributed by atoms with Crippen LogP contribution in [-0.2, 0) is 17.9 Å². The molecule has 1 amide bonds. The van der Waals surface area contributed by atoms with Gasteiger partial charge in [0.1, 0.15) is 11.7 Å². The largest absolute Gasteiger partial charge is 0.370 e. The number of carbonyl (C=O) groups is 1. The summed E-state index contributed by atoms with van der Waals surface area (Å²) < 4.78 is 2.16. The Labute approximate surface area is 262 Å². The Hall–Kier alpha value is -3.71. The van der Waals surface area contributed by atoms with E-state index in [1.54, 1.807) is 4.90 Å². The standard InChI is InChI=1S/C25H34N4O.C7H12N2.2C2H6/c1-6-12-20(4)18-28(5)25(30)17-26-16-24-27-22(13-7-2)23(8-3)29(24)19-21-14-10-9-11-15-21;1-2-4-7-8-5-3-6-9-7;2*1-2/h6-15,20,26H,3,16-19H2,1-2,4-5H3;2,4H,3,5-6H2,1H3,(H,8,9);2*1-2H3/b12-6-,13-7-;4-2+;;. The highest BCUT2D eigenvalue weighted by Crippen LogP contribution is 2.18. The highest BCUT2D eigenvalue weighted by molar-refractivity contribution is 5.93. The fraction of sp³-hybridized carbons (Fsp3) is 0.472. The van der Waals surface area contributed by atoms with E-state index in [0.29, 0.717) is 25.6 Å². The zero-order chi connectivity index (χ0) is 32.5. The van der Waals surface area contributed by atoms with Crippen LogP contribution >= 0.6 is 0 Å². The Morgan fingerprint density at radius 3 is 2.33 bits per heavy atom. The third-order valence-electron chi connectivity index (χ3n) is 6.13. The van der Waals surface area contributed by atoms with E-state index in [9.17, 15) is 4.79 Å². The van der Waals surface area contributed by atoms with Crippen LogP contribution in [0.4, 0.5) is 0 Å². The van der Waals surface area contributed by atoms with Crippen molar-refractivity contribution in [3.05, 3.63) is 90.1 Å². The number of carbonyl (C=O) groups excluding carboxylic acids is 1. The first-order valence-electron chi connectivity index (χ1n) is 15.8. The van der Waals surface area contributed by atoms with E-state index in [1.807, 2.05) is 110 Å². The Morgan fingerprint density at radius 2 is 1.77 bits per heavy atom. The highest BCUT2D eigenvalue weighted by Gasteiger charge is 2.15. The molecular formula is C36H58N6O. The Bertz CT molecular complexity index is 1140. The number of benzene rings is 1. The first kappa shape index (κ1) is 39.3. The van der Waals surface area contributed by atoms with E-state index in [2.05, 4.69) is 51.9 Å². The van der Waals surface area contributed by atoms with Gasteiger partial charge in [-0.15, -0.1) is 0 Å². The molecule has 1 atom stereocenters. The number of likely N-dealkylation sites (N-methyl/N-ethyl adjacent to an activating group) is 1. The third-order valence-corrected chi connectivity index (χ3v) is 6.13. The first-order valence-corrected chi connectivity index (χ1v) is 15.8. The van der Waals surface area contributed by atoms with Gasteiger partial charge in [-0.1, -0.05) is 95.8 Å². The summed E-state index contributed by atoms with van der Waals surface area (Å²) in [5.41, 5.74) is 3.07. The summed E-state index contributed by atoms with van der Waals surface area (Å²) in [7, 11) is 1.85. The second-order valence-corrected chi connectivity index (χ2v) is 9.50. The molecule has 2 aromatic rings. The lowest BCUT2D eigenvalue weighted by atomic mass is 10.1. The molecular weight excluding hydrogens is 532 g/mol. The van der Waals surface area contributed by atoms with E-state index in [0.717, 1.165) is 36.1 Å². The lowest BCUT2D eigenvalue weighted by Crippen LogP contribution is -2.37. The molecule has 0 bridgehead atoms. The van der Waals surface area contributed by atoms with Crippen molar-refractivity contribution >= 4 is 23.9 Å². The number of rotatable bonds is 12. The molecule has 7 nitrogen and oxygen atoms in total. The fourth-order valence-electron chi connectivity index (χ4n) is 4.27. The topological polar surface area (TPSA) is 74.5 Å². The number of amides is 1. The lowest BCUT2D eigenvalue weighted by Gasteiger charge is -2.20. The molecule has 238 valence electrons. The second kappa shape index (κ2) is 24.8. The van der Waals surface area contributed by atoms with Crippen molar-refractivity contribution in [2.75, 3.05) is 33.2 Å². The van der Waals surface area contributed by atoms with Crippen molar-refractivity contribution in [3.63, 3.8) is 0 Å². The first-order chi connectivity index (χ1) is 20.9. The van der Waals surface area contributed by atoms with E-state index in [4.69, 9.17) is 4.98 Å². The van der Waals surface area contributed by atoms with Gasteiger partial charge in [0.15, 0.2) is 0 Å². The number of hydrogen-bond acceptors (Lipinski definition) is 5. The zero-order valence-electron chi connectivity index (χ0n) is 28.4. The summed E-state index contributed by atoms with van der Waals surface area (Å²) in [6.07, 6.45) is 15.1. The average Bonchev–Trinajstić information content (AvgIpc) is 3.36. The van der Waals surface area contributed by atoms with Crippen LogP contribution in [-0.4, -0.2) is 59.4 Å². The van der Waals surface area contributed by atoms with Crippen LogP contribution < -0.4 is 10.6 Å². The fourth-order valence-corrected chi connectivity index (χ4v) is 4.27. The maximum atomic E-state index is 12.5. The van der Waals surface area contributed by atoms with Crippen molar-refractivity contribution in [2.45, 2.75) is 74.9 Å². The zero-order valence-corrected chi connectivity index (χ0v) is 28.4. The molecule has 0 radical (unpaired) electrons. The van der Waals surface area contributed by atoms with Gasteiger partial charge in [-0.05, 0) is 56.9 Å². The van der Waals surface area contributed by atoms with Crippen LogP contribution in [0.15, 0.2) is 72.3 Å². The number of imidazole rings is 1. The maximum Gasteiger partial charge on any atom is 0.236 e. The van der Waals surface area contributed by atoms with Gasteiger partial charge in [0.05, 0.1) is 24.5 Å². The van der Waals surface area contributed by atoms with Gasteiger partial charge in [0.25, 0.3) is 0 Å². The van der Waals surface area contributed by atoms with Crippen molar-refractivity contribution in [2.24, 2.45) is 10.9 Å². The van der Waals surface area contributed by atoms with Crippen molar-refractivity contribution in [1.82, 2.24) is 25.1 Å². The van der Waals surface area contributed by atoms with E-state index < -0.39 is 0 Å². The summed E-state index contributed by atoms with van der Waals surface area (Å²) in [6, 6.07) is 10.3. The number of nitrogens with zero attached hydrogens (tertiary/aromatic N) is 4. The highest BCUT2D eigenvalue weighted by atomic mass is 16.2. The van der Waals surface area contributed by atoms with Gasteiger partial charge < -0.3 is 20.1 Å². The lowest BCUT2D eigenvalue weighted by molar-refractivity contribution is -0.129. The summed E-state index contributed by atoms with van der Waals surface area (Å²) in [5, 5.41) is 6.45. The number of nitrogens with one attached hydrogen (secondary N) is 2. The van der Waals surface area contributed by atoms with Gasteiger partial charge in [-0.3, -0.25) is 9.79 Å². The van der Waals surface area contributed by atoms with Crippen LogP contribution in [0.5, 0.6) is 0 Å². The van der Waals surface area contributed by atoms with E-state index >= 15 is 0 Å². The van der Waals surface area contributed by atoms with Gasteiger partial charge in [0, 0.05) is 33.2 Å². The van der Waals surface area contributed by atoms with Gasteiger partial charge in [-0.2, -0.15) is 0 Å². The quantitative estimate of drug-likeness (QED) is 0.253. The number of amidine groups is 1. The van der Waals surface area contributed by atoms with Gasteiger partial charge >= 0.3 is 0 Å². The molecule has 0 spiro atoms. The predicted octanol–water partition coefficient (Wildman–Crippen LogP) is 7.37. The molecule has 0 fully saturated rings. The molecule has 1 aromatic heterocycles. The maximum absolute atomic E-state index is 12.5. The summed E-state index contributed by atoms with van der Waals surface area (Å²) in [6.45, 7) is 24.3. The second-order valence-electron chi connectivity index (χ2n) is 9.50. The number of aliphatic imine (C=N–C) groups is 1. The van der Waals surface area contributed by atoms with Crippen molar-refractivity contribution < 1.29 is 4.79 Å². The normalized spacial score (nSPS) is 13.1. The van der Waals surface area contributed by atoms with Crippen molar-refractivity contribution in [1.29, 1.82) is 0 Å². The van der Waals surface area contributed by atoms with Gasteiger partial charge in [-0.25, -0.2) is 4.98 Å². The molecule has 7 heteroatoms. The summed E-state index contributed by atoms with van der Waals surface area (Å²) in [5.74, 6) is 2.33. The predicted molar refractivity (Wildman–Crippen MR) is 188 cm³/mol. The molecule has 43 heavy (non-hydrogen) atoms. The Kier molecular flexibility index (Phi) is 22.7. The van der Waals surface area contributed by atoms with Crippen LogP contribution in [0.3, 0.4) is 0 Å². The Balaban J connectivity index is 0.00000113. The minimum Gasteiger partial charge on any atom is -0.370 e. The Morgan fingerprint density at radius 1 is 1.09 bits per heavy atom. The molecule has 2 N–H and O–H groups in total. The van der Waals surface area contributed by atoms with Crippen LogP contribution in [0.25, 0.3) is 12.2 Å². The monoisotopic (exact) mass is 590 g/mol. The number of allylic oxidation sites excluding steroid dienone is 3. The molecule has 1 aliphatic heterocycles. The number of aromatic nitrogens is 2. The molecule has 0 aliphatic carbocycles. The van der Waals surface area contributed by atoms with Crippen LogP contribution in [0, 0.1) is 5.92 Å². The van der Waals surface area contributed by atoms with Crippen LogP contribution in [0.2, 0.25) is 0 Å². The minimum atomic E-state index is 0.0742. The molecule has 1 aromatic carbocycles. The molecule has 1 aliphatic rings. The molecule has 0 saturated carbocycles. The molecule has 0 saturated heterocycles. The van der Waals surface area contributed by atoms with Crippen molar-refractivity contribution in [3.8, 4) is 0 Å². The number of hydrogen-bond donors (Lipinski definition) is 2. The third kappa shape index (κ3) is 15.4. The minimum absolute atomic E-state index is 0.0742. The summed E-state index contributed by atoms with van der Waals surface area (Å²) in [4.78, 5) is 23.3. The smallest absolute Gasteiger partial charge is 0.236 e. The summed E-state index contributed by atoms with van der Waals surface area (Å²) >= 11 is 0. The average molecular weight is 591 g/mol. The molecule has 2 heterocycles.